The Labute approximate surface area is 97.6 Å². The molecule has 0 aliphatic carbocycles. The van der Waals surface area contributed by atoms with Gasteiger partial charge in [0, 0.05) is 24.7 Å². The summed E-state index contributed by atoms with van der Waals surface area (Å²) in [5.41, 5.74) is 0.170. The number of rotatable bonds is 2. The molecule has 1 aromatic rings. The van der Waals surface area contributed by atoms with Crippen LogP contribution >= 0.6 is 0 Å². The second-order valence-corrected chi connectivity index (χ2v) is 4.06. The van der Waals surface area contributed by atoms with Gasteiger partial charge in [-0.15, -0.1) is 0 Å². The number of nitro groups is 1. The molecule has 2 rings (SSSR count). The van der Waals surface area contributed by atoms with E-state index in [1.165, 1.54) is 13.0 Å². The molecule has 17 heavy (non-hydrogen) atoms. The summed E-state index contributed by atoms with van der Waals surface area (Å²) in [5.74, 6) is -0.599. The first-order valence-corrected chi connectivity index (χ1v) is 5.28. The number of benzene rings is 1. The first kappa shape index (κ1) is 11.4. The van der Waals surface area contributed by atoms with Crippen LogP contribution in [0.25, 0.3) is 0 Å². The average Bonchev–Trinajstić information content (AvgIpc) is 2.18. The van der Waals surface area contributed by atoms with Crippen molar-refractivity contribution in [1.29, 1.82) is 0 Å². The van der Waals surface area contributed by atoms with E-state index in [-0.39, 0.29) is 17.2 Å². The SMILES string of the molecule is Cc1cc(C(=O)N2CCC2)cc([N+](=O)[O-])c1O. The Kier molecular flexibility index (Phi) is 2.71. The van der Waals surface area contributed by atoms with Gasteiger partial charge in [-0.1, -0.05) is 0 Å². The molecular formula is C11H12N2O4. The highest BCUT2D eigenvalue weighted by molar-refractivity contribution is 5.96. The molecule has 0 saturated carbocycles. The maximum atomic E-state index is 11.9. The van der Waals surface area contributed by atoms with Crippen LogP contribution in [0, 0.1) is 17.0 Å². The van der Waals surface area contributed by atoms with Crippen LogP contribution in [0.1, 0.15) is 22.3 Å². The van der Waals surface area contributed by atoms with Gasteiger partial charge >= 0.3 is 5.69 Å². The summed E-state index contributed by atoms with van der Waals surface area (Å²) in [6.45, 7) is 2.91. The maximum absolute atomic E-state index is 11.9. The van der Waals surface area contributed by atoms with Gasteiger partial charge in [-0.05, 0) is 25.0 Å². The quantitative estimate of drug-likeness (QED) is 0.622. The van der Waals surface area contributed by atoms with Gasteiger partial charge in [0.05, 0.1) is 4.92 Å². The normalized spacial score (nSPS) is 14.3. The fourth-order valence-electron chi connectivity index (χ4n) is 1.73. The fourth-order valence-corrected chi connectivity index (χ4v) is 1.73. The number of carbonyl (C=O) groups is 1. The van der Waals surface area contributed by atoms with Gasteiger partial charge in [-0.2, -0.15) is 0 Å². The Hall–Kier alpha value is -2.11. The van der Waals surface area contributed by atoms with E-state index in [1.54, 1.807) is 4.90 Å². The lowest BCUT2D eigenvalue weighted by Crippen LogP contribution is -2.42. The summed E-state index contributed by atoms with van der Waals surface area (Å²) >= 11 is 0. The molecule has 0 aromatic heterocycles. The van der Waals surface area contributed by atoms with Crippen LogP contribution in [0.15, 0.2) is 12.1 Å². The number of phenols is 1. The molecular weight excluding hydrogens is 224 g/mol. The van der Waals surface area contributed by atoms with Crippen LogP contribution in [-0.2, 0) is 0 Å². The van der Waals surface area contributed by atoms with Gasteiger partial charge in [0.1, 0.15) is 0 Å². The number of aromatic hydroxyl groups is 1. The van der Waals surface area contributed by atoms with Crippen molar-refractivity contribution < 1.29 is 14.8 Å². The number of phenolic OH excluding ortho intramolecular Hbond substituents is 1. The fraction of sp³-hybridized carbons (Fsp3) is 0.364. The van der Waals surface area contributed by atoms with Crippen LogP contribution in [0.4, 0.5) is 5.69 Å². The number of amides is 1. The van der Waals surface area contributed by atoms with Crippen LogP contribution < -0.4 is 0 Å². The standard InChI is InChI=1S/C11H12N2O4/c1-7-5-8(11(15)12-3-2-4-12)6-9(10(7)14)13(16)17/h5-6,14H,2-4H2,1H3. The summed E-state index contributed by atoms with van der Waals surface area (Å²) in [6, 6.07) is 2.60. The smallest absolute Gasteiger partial charge is 0.311 e. The molecule has 1 saturated heterocycles. The lowest BCUT2D eigenvalue weighted by Gasteiger charge is -2.30. The highest BCUT2D eigenvalue weighted by atomic mass is 16.6. The van der Waals surface area contributed by atoms with Gasteiger partial charge in [-0.3, -0.25) is 14.9 Å². The van der Waals surface area contributed by atoms with Crippen molar-refractivity contribution in [3.8, 4) is 5.75 Å². The van der Waals surface area contributed by atoms with Crippen molar-refractivity contribution in [2.75, 3.05) is 13.1 Å². The van der Waals surface area contributed by atoms with E-state index >= 15 is 0 Å². The number of nitro benzene ring substituents is 1. The molecule has 1 aliphatic heterocycles. The number of aryl methyl sites for hydroxylation is 1. The molecule has 6 heteroatoms. The zero-order valence-electron chi connectivity index (χ0n) is 9.34. The third-order valence-electron chi connectivity index (χ3n) is 2.87. The molecule has 0 unspecified atom stereocenters. The molecule has 0 atom stereocenters. The maximum Gasteiger partial charge on any atom is 0.311 e. The van der Waals surface area contributed by atoms with Gasteiger partial charge < -0.3 is 10.0 Å². The third-order valence-corrected chi connectivity index (χ3v) is 2.87. The van der Waals surface area contributed by atoms with Crippen molar-refractivity contribution in [2.24, 2.45) is 0 Å². The third kappa shape index (κ3) is 1.93. The predicted octanol–water partition coefficient (Wildman–Crippen LogP) is 1.45. The Morgan fingerprint density at radius 3 is 2.59 bits per heavy atom. The van der Waals surface area contributed by atoms with Crippen molar-refractivity contribution in [3.05, 3.63) is 33.4 Å². The zero-order chi connectivity index (χ0) is 12.6. The Morgan fingerprint density at radius 2 is 2.12 bits per heavy atom. The predicted molar refractivity (Wildman–Crippen MR) is 60.0 cm³/mol. The van der Waals surface area contributed by atoms with Crippen LogP contribution in [0.5, 0.6) is 5.75 Å². The van der Waals surface area contributed by atoms with Crippen molar-refractivity contribution in [2.45, 2.75) is 13.3 Å². The van der Waals surface area contributed by atoms with Crippen LogP contribution in [0.3, 0.4) is 0 Å². The van der Waals surface area contributed by atoms with Gasteiger partial charge in [0.2, 0.25) is 0 Å². The summed E-state index contributed by atoms with van der Waals surface area (Å²) in [7, 11) is 0. The van der Waals surface area contributed by atoms with E-state index in [4.69, 9.17) is 0 Å². The number of carbonyl (C=O) groups excluding carboxylic acids is 1. The highest BCUT2D eigenvalue weighted by Gasteiger charge is 2.25. The molecule has 1 heterocycles. The largest absolute Gasteiger partial charge is 0.502 e. The molecule has 1 N–H and O–H groups in total. The van der Waals surface area contributed by atoms with E-state index in [1.807, 2.05) is 0 Å². The zero-order valence-corrected chi connectivity index (χ0v) is 9.34. The first-order valence-electron chi connectivity index (χ1n) is 5.28. The summed E-state index contributed by atoms with van der Waals surface area (Å²) in [4.78, 5) is 23.5. The second kappa shape index (κ2) is 4.04. The molecule has 1 fully saturated rings. The van der Waals surface area contributed by atoms with E-state index in [0.717, 1.165) is 12.5 Å². The van der Waals surface area contributed by atoms with Crippen molar-refractivity contribution in [1.82, 2.24) is 4.90 Å². The molecule has 1 amide bonds. The molecule has 90 valence electrons. The van der Waals surface area contributed by atoms with Gasteiger partial charge in [-0.25, -0.2) is 0 Å². The topological polar surface area (TPSA) is 83.7 Å². The summed E-state index contributed by atoms with van der Waals surface area (Å²) in [6.07, 6.45) is 0.963. The summed E-state index contributed by atoms with van der Waals surface area (Å²) < 4.78 is 0. The number of nitrogens with zero attached hydrogens (tertiary/aromatic N) is 2. The van der Waals surface area contributed by atoms with E-state index in [9.17, 15) is 20.0 Å². The first-order chi connectivity index (χ1) is 8.00. The van der Waals surface area contributed by atoms with E-state index in [0.29, 0.717) is 18.7 Å². The molecule has 1 aliphatic rings. The van der Waals surface area contributed by atoms with Gasteiger partial charge in [0.15, 0.2) is 5.75 Å². The molecule has 0 bridgehead atoms. The monoisotopic (exact) mass is 236 g/mol. The minimum absolute atomic E-state index is 0.220. The average molecular weight is 236 g/mol. The number of likely N-dealkylation sites (tertiary alicyclic amines) is 1. The molecule has 0 spiro atoms. The molecule has 0 radical (unpaired) electrons. The lowest BCUT2D eigenvalue weighted by atomic mass is 10.1. The Morgan fingerprint density at radius 1 is 1.47 bits per heavy atom. The minimum atomic E-state index is -0.685. The number of hydrogen-bond acceptors (Lipinski definition) is 4. The van der Waals surface area contributed by atoms with Crippen molar-refractivity contribution in [3.63, 3.8) is 0 Å². The number of hydrogen-bond donors (Lipinski definition) is 1. The Bertz CT molecular complexity index is 494. The van der Waals surface area contributed by atoms with E-state index in [2.05, 4.69) is 0 Å². The Balaban J connectivity index is 2.41. The second-order valence-electron chi connectivity index (χ2n) is 4.06. The lowest BCUT2D eigenvalue weighted by molar-refractivity contribution is -0.385. The highest BCUT2D eigenvalue weighted by Crippen LogP contribution is 2.31. The molecule has 1 aromatic carbocycles. The van der Waals surface area contributed by atoms with E-state index < -0.39 is 10.6 Å². The van der Waals surface area contributed by atoms with Crippen LogP contribution in [-0.4, -0.2) is 33.9 Å². The van der Waals surface area contributed by atoms with Crippen LogP contribution in [0.2, 0.25) is 0 Å². The molecule has 6 nitrogen and oxygen atoms in total. The van der Waals surface area contributed by atoms with Crippen molar-refractivity contribution >= 4 is 11.6 Å². The van der Waals surface area contributed by atoms with Gasteiger partial charge in [0.25, 0.3) is 5.91 Å². The minimum Gasteiger partial charge on any atom is -0.502 e. The summed E-state index contributed by atoms with van der Waals surface area (Å²) in [5, 5.41) is 20.2.